The minimum atomic E-state index is 0.247. The Morgan fingerprint density at radius 3 is 2.71 bits per heavy atom. The van der Waals surface area contributed by atoms with Crippen LogP contribution in [0.15, 0.2) is 34.9 Å². The van der Waals surface area contributed by atoms with Gasteiger partial charge in [-0.3, -0.25) is 4.57 Å². The molecule has 0 bridgehead atoms. The third-order valence-electron chi connectivity index (χ3n) is 2.31. The van der Waals surface area contributed by atoms with Crippen LogP contribution < -0.4 is 10.5 Å². The Balaban J connectivity index is 2.33. The van der Waals surface area contributed by atoms with E-state index in [0.29, 0.717) is 11.8 Å². The molecule has 90 valence electrons. The molecule has 0 amide bonds. The number of nitrogens with zero attached hydrogens (tertiary/aromatic N) is 2. The van der Waals surface area contributed by atoms with E-state index in [9.17, 15) is 0 Å². The summed E-state index contributed by atoms with van der Waals surface area (Å²) >= 11 is 3.43. The zero-order chi connectivity index (χ0) is 12.4. The third kappa shape index (κ3) is 2.61. The predicted molar refractivity (Wildman–Crippen MR) is 71.2 cm³/mol. The van der Waals surface area contributed by atoms with Gasteiger partial charge in [-0.1, -0.05) is 12.1 Å². The molecule has 0 aliphatic heterocycles. The molecule has 17 heavy (non-hydrogen) atoms. The molecule has 2 N–H and O–H groups in total. The summed E-state index contributed by atoms with van der Waals surface area (Å²) in [5.74, 6) is 1.18. The van der Waals surface area contributed by atoms with Crippen LogP contribution in [0.2, 0.25) is 0 Å². The number of anilines is 1. The fourth-order valence-electron chi connectivity index (χ4n) is 1.47. The summed E-state index contributed by atoms with van der Waals surface area (Å²) < 4.78 is 8.53. The van der Waals surface area contributed by atoms with E-state index in [4.69, 9.17) is 10.5 Å². The molecule has 1 aromatic carbocycles. The molecule has 2 rings (SSSR count). The first-order chi connectivity index (χ1) is 8.08. The molecule has 0 unspecified atom stereocenters. The van der Waals surface area contributed by atoms with Gasteiger partial charge in [0.2, 0.25) is 0 Å². The minimum absolute atomic E-state index is 0.247. The number of nitrogen functional groups attached to an aromatic ring is 1. The van der Waals surface area contributed by atoms with E-state index in [-0.39, 0.29) is 6.04 Å². The van der Waals surface area contributed by atoms with E-state index in [1.165, 1.54) is 0 Å². The van der Waals surface area contributed by atoms with Crippen LogP contribution in [0, 0.1) is 0 Å². The molecule has 0 spiro atoms. The lowest BCUT2D eigenvalue weighted by atomic mass is 10.3. The maximum Gasteiger partial charge on any atom is 0.304 e. The Hall–Kier alpha value is -1.49. The second kappa shape index (κ2) is 4.79. The second-order valence-corrected chi connectivity index (χ2v) is 4.84. The lowest BCUT2D eigenvalue weighted by Gasteiger charge is -2.12. The first-order valence-electron chi connectivity index (χ1n) is 5.34. The summed E-state index contributed by atoms with van der Waals surface area (Å²) in [5, 5.41) is 0. The van der Waals surface area contributed by atoms with Gasteiger partial charge in [0.1, 0.15) is 11.6 Å². The van der Waals surface area contributed by atoms with Crippen LogP contribution in [-0.4, -0.2) is 9.55 Å². The number of hydrogen-bond acceptors (Lipinski definition) is 3. The van der Waals surface area contributed by atoms with Crippen molar-refractivity contribution in [1.29, 1.82) is 0 Å². The van der Waals surface area contributed by atoms with Gasteiger partial charge in [0.05, 0.1) is 10.7 Å². The molecule has 0 saturated heterocycles. The highest BCUT2D eigenvalue weighted by Gasteiger charge is 2.12. The molecule has 4 nitrogen and oxygen atoms in total. The van der Waals surface area contributed by atoms with E-state index in [0.717, 1.165) is 10.2 Å². The van der Waals surface area contributed by atoms with Crippen molar-refractivity contribution in [3.05, 3.63) is 34.9 Å². The highest BCUT2D eigenvalue weighted by atomic mass is 79.9. The van der Waals surface area contributed by atoms with Gasteiger partial charge in [-0.15, -0.1) is 0 Å². The van der Waals surface area contributed by atoms with Crippen molar-refractivity contribution in [2.45, 2.75) is 19.9 Å². The predicted octanol–water partition coefficient (Wildman–Crippen LogP) is 3.60. The van der Waals surface area contributed by atoms with Crippen LogP contribution in [0.25, 0.3) is 0 Å². The van der Waals surface area contributed by atoms with E-state index in [1.807, 2.05) is 42.7 Å². The van der Waals surface area contributed by atoms with Crippen molar-refractivity contribution in [2.75, 3.05) is 5.73 Å². The first-order valence-corrected chi connectivity index (χ1v) is 6.14. The average molecular weight is 296 g/mol. The normalized spacial score (nSPS) is 10.8. The number of rotatable bonds is 3. The Kier molecular flexibility index (Phi) is 3.38. The number of para-hydroxylation sites is 1. The molecule has 0 radical (unpaired) electrons. The number of aromatic nitrogens is 2. The Morgan fingerprint density at radius 2 is 2.06 bits per heavy atom. The van der Waals surface area contributed by atoms with E-state index >= 15 is 0 Å². The summed E-state index contributed by atoms with van der Waals surface area (Å²) in [5.41, 5.74) is 5.69. The summed E-state index contributed by atoms with van der Waals surface area (Å²) in [6.45, 7) is 4.10. The van der Waals surface area contributed by atoms with Crippen molar-refractivity contribution in [3.63, 3.8) is 0 Å². The van der Waals surface area contributed by atoms with Crippen LogP contribution in [0.4, 0.5) is 5.82 Å². The molecule has 5 heteroatoms. The Morgan fingerprint density at radius 1 is 1.35 bits per heavy atom. The largest absolute Gasteiger partial charge is 0.424 e. The fourth-order valence-corrected chi connectivity index (χ4v) is 1.83. The topological polar surface area (TPSA) is 53.1 Å². The van der Waals surface area contributed by atoms with Crippen LogP contribution in [0.1, 0.15) is 19.9 Å². The molecular weight excluding hydrogens is 282 g/mol. The fraction of sp³-hybridized carbons (Fsp3) is 0.250. The van der Waals surface area contributed by atoms with Crippen LogP contribution in [0.5, 0.6) is 11.8 Å². The van der Waals surface area contributed by atoms with Gasteiger partial charge in [-0.25, -0.2) is 0 Å². The molecule has 0 aliphatic carbocycles. The number of halogens is 1. The second-order valence-electron chi connectivity index (χ2n) is 3.98. The number of hydrogen-bond donors (Lipinski definition) is 1. The lowest BCUT2D eigenvalue weighted by molar-refractivity contribution is 0.394. The highest BCUT2D eigenvalue weighted by Crippen LogP contribution is 2.30. The maximum absolute atomic E-state index is 5.75. The molecule has 1 aromatic heterocycles. The molecular formula is C12H14BrN3O. The van der Waals surface area contributed by atoms with Crippen molar-refractivity contribution in [2.24, 2.45) is 0 Å². The Bertz CT molecular complexity index is 522. The molecule has 2 aromatic rings. The molecule has 0 saturated carbocycles. The molecule has 0 atom stereocenters. The van der Waals surface area contributed by atoms with Crippen molar-refractivity contribution < 1.29 is 4.74 Å². The van der Waals surface area contributed by atoms with E-state index < -0.39 is 0 Å². The SMILES string of the molecule is CC(C)n1cc(N)nc1Oc1ccccc1Br. The van der Waals surface area contributed by atoms with E-state index in [1.54, 1.807) is 6.20 Å². The van der Waals surface area contributed by atoms with Gasteiger partial charge in [0.25, 0.3) is 0 Å². The number of nitrogens with two attached hydrogens (primary N) is 1. The van der Waals surface area contributed by atoms with Gasteiger partial charge >= 0.3 is 6.01 Å². The summed E-state index contributed by atoms with van der Waals surface area (Å²) in [6.07, 6.45) is 1.77. The van der Waals surface area contributed by atoms with Crippen molar-refractivity contribution in [1.82, 2.24) is 9.55 Å². The average Bonchev–Trinajstić information content (AvgIpc) is 2.63. The van der Waals surface area contributed by atoms with Gasteiger partial charge in [0, 0.05) is 6.04 Å². The number of ether oxygens (including phenoxy) is 1. The monoisotopic (exact) mass is 295 g/mol. The van der Waals surface area contributed by atoms with Gasteiger partial charge in [-0.05, 0) is 41.9 Å². The number of imidazole rings is 1. The van der Waals surface area contributed by atoms with Crippen LogP contribution >= 0.6 is 15.9 Å². The summed E-state index contributed by atoms with van der Waals surface area (Å²) in [6, 6.07) is 8.38. The van der Waals surface area contributed by atoms with Gasteiger partial charge in [0.15, 0.2) is 0 Å². The van der Waals surface area contributed by atoms with Crippen molar-refractivity contribution >= 4 is 21.7 Å². The zero-order valence-electron chi connectivity index (χ0n) is 9.72. The molecule has 1 heterocycles. The number of benzene rings is 1. The standard InChI is InChI=1S/C12H14BrN3O/c1-8(2)16-7-11(14)15-12(16)17-10-6-4-3-5-9(10)13/h3-8H,14H2,1-2H3. The van der Waals surface area contributed by atoms with Crippen molar-refractivity contribution in [3.8, 4) is 11.8 Å². The Labute approximate surface area is 109 Å². The maximum atomic E-state index is 5.75. The van der Waals surface area contributed by atoms with Gasteiger partial charge in [-0.2, -0.15) is 4.98 Å². The van der Waals surface area contributed by atoms with Crippen LogP contribution in [-0.2, 0) is 0 Å². The third-order valence-corrected chi connectivity index (χ3v) is 2.97. The lowest BCUT2D eigenvalue weighted by Crippen LogP contribution is -2.02. The molecule has 0 fully saturated rings. The highest BCUT2D eigenvalue weighted by molar-refractivity contribution is 9.10. The molecule has 0 aliphatic rings. The van der Waals surface area contributed by atoms with E-state index in [2.05, 4.69) is 20.9 Å². The van der Waals surface area contributed by atoms with Crippen LogP contribution in [0.3, 0.4) is 0 Å². The first kappa shape index (κ1) is 12.0. The minimum Gasteiger partial charge on any atom is -0.424 e. The summed E-state index contributed by atoms with van der Waals surface area (Å²) in [4.78, 5) is 4.17. The zero-order valence-corrected chi connectivity index (χ0v) is 11.3. The smallest absolute Gasteiger partial charge is 0.304 e. The summed E-state index contributed by atoms with van der Waals surface area (Å²) in [7, 11) is 0. The quantitative estimate of drug-likeness (QED) is 0.941. The van der Waals surface area contributed by atoms with Gasteiger partial charge < -0.3 is 10.5 Å².